The van der Waals surface area contributed by atoms with Gasteiger partial charge in [0.25, 0.3) is 11.1 Å². The molecule has 404 valence electrons. The third kappa shape index (κ3) is 11.4. The number of piperazine rings is 2. The van der Waals surface area contributed by atoms with Gasteiger partial charge in [-0.25, -0.2) is 29.5 Å². The number of aliphatic imine (C=N–C) groups is 1. The molecule has 20 nitrogen and oxygen atoms in total. The molecule has 0 radical (unpaired) electrons. The highest BCUT2D eigenvalue weighted by Gasteiger charge is 2.35. The van der Waals surface area contributed by atoms with E-state index >= 15 is 0 Å². The number of guanidine groups is 1. The zero-order valence-electron chi connectivity index (χ0n) is 44.4. The van der Waals surface area contributed by atoms with Crippen LogP contribution in [0.2, 0.25) is 0 Å². The van der Waals surface area contributed by atoms with Crippen molar-refractivity contribution in [2.45, 2.75) is 136 Å². The lowest BCUT2D eigenvalue weighted by atomic mass is 9.93. The van der Waals surface area contributed by atoms with E-state index in [-0.39, 0.29) is 41.8 Å². The zero-order valence-corrected chi connectivity index (χ0v) is 47.6. The Labute approximate surface area is 459 Å². The summed E-state index contributed by atoms with van der Waals surface area (Å²) in [6.07, 6.45) is 12.6. The number of nitrogens with one attached hydrogen (secondary N) is 3. The van der Waals surface area contributed by atoms with Crippen LogP contribution in [0.15, 0.2) is 66.4 Å². The molecule has 0 spiro atoms. The van der Waals surface area contributed by atoms with Crippen LogP contribution in [0.3, 0.4) is 0 Å². The number of halogens is 2. The maximum absolute atomic E-state index is 14.8. The number of aromatic nitrogens is 6. The fraction of sp³-hybridized carbons (Fsp3) is 0.537. The van der Waals surface area contributed by atoms with Crippen LogP contribution in [0.4, 0.5) is 44.4 Å². The summed E-state index contributed by atoms with van der Waals surface area (Å²) in [6, 6.07) is 7.16. The fourth-order valence-corrected chi connectivity index (χ4v) is 12.0. The minimum Gasteiger partial charge on any atom is -0.444 e. The average molecular weight is 1170 g/mol. The van der Waals surface area contributed by atoms with Gasteiger partial charge in [-0.3, -0.25) is 18.7 Å². The molecule has 10 rings (SSSR count). The molecule has 2 amide bonds. The van der Waals surface area contributed by atoms with Crippen molar-refractivity contribution in [3.05, 3.63) is 89.2 Å². The van der Waals surface area contributed by atoms with Crippen molar-refractivity contribution in [1.29, 1.82) is 0 Å². The topological polar surface area (TPSA) is 210 Å². The summed E-state index contributed by atoms with van der Waals surface area (Å²) in [6.45, 7) is 17.9. The summed E-state index contributed by atoms with van der Waals surface area (Å²) >= 11 is 7.52. The van der Waals surface area contributed by atoms with Gasteiger partial charge < -0.3 is 45.0 Å². The molecule has 0 bridgehead atoms. The lowest BCUT2D eigenvalue weighted by Gasteiger charge is -2.36. The van der Waals surface area contributed by atoms with Crippen molar-refractivity contribution in [3.63, 3.8) is 0 Å². The minimum atomic E-state index is -0.564. The van der Waals surface area contributed by atoms with Gasteiger partial charge in [-0.05, 0) is 141 Å². The number of amides is 2. The van der Waals surface area contributed by atoms with Gasteiger partial charge in [0.05, 0.1) is 38.8 Å². The van der Waals surface area contributed by atoms with E-state index in [0.717, 1.165) is 73.9 Å². The van der Waals surface area contributed by atoms with Crippen LogP contribution >= 0.6 is 31.9 Å². The van der Waals surface area contributed by atoms with Crippen LogP contribution in [-0.2, 0) is 15.9 Å². The van der Waals surface area contributed by atoms with Crippen LogP contribution in [0.1, 0.15) is 128 Å². The Morgan fingerprint density at radius 3 is 1.67 bits per heavy atom. The Morgan fingerprint density at radius 1 is 0.671 bits per heavy atom. The SMILES string of the molecule is Cc1c2c(n(C3CCCC3)c(=O)c1Br)NC(Nc1ccc(N3CCN(C(=O)OC(C)(C)C)CC3)cn1)=NC2Cc1c(Br)c(=O)n(C2CCCC2)c2nc(Nc3ccc(N4CCN(C(=O)OC(C)(C)C)CC4)cn3)ncc12. The first-order valence-corrected chi connectivity index (χ1v) is 28.2. The van der Waals surface area contributed by atoms with Crippen LogP contribution in [-0.4, -0.2) is 121 Å². The molecule has 2 saturated carbocycles. The standard InChI is InChI=1S/C54H68Br2N14O6/c1-32-42-39(60-50(64-46(42)70(47(71)43(32)55)34-14-10-11-15-34)62-41-19-17-36(30-58-41)66-22-26-68(27-23-66)52(74)76-54(5,6)7)28-37-38-31-59-49(63-45(38)69(48(72)44(37)56)33-12-8-9-13-33)61-40-18-16-35(29-57-40)65-20-24-67(25-21-65)51(73)75-53(2,3)4/h16-19,29-31,33-34,39H,8-15,20-28H2,1-7H3,(H,57,59,61,63)(H2,58,60,62,64). The molecule has 1 unspecified atom stereocenters. The number of hydrogen-bond donors (Lipinski definition) is 3. The molecule has 1 atom stereocenters. The highest BCUT2D eigenvalue weighted by molar-refractivity contribution is 9.10. The molecule has 2 saturated heterocycles. The maximum atomic E-state index is 14.8. The summed E-state index contributed by atoms with van der Waals surface area (Å²) in [5, 5.41) is 11.0. The molecule has 3 aliphatic heterocycles. The number of carbonyl (C=O) groups is 2. The summed E-state index contributed by atoms with van der Waals surface area (Å²) in [5.74, 6) is 2.48. The second-order valence-electron chi connectivity index (χ2n) is 22.4. The van der Waals surface area contributed by atoms with E-state index in [0.29, 0.717) is 107 Å². The Kier molecular flexibility index (Phi) is 15.1. The molecule has 0 aromatic carbocycles. The number of pyridine rings is 4. The first-order chi connectivity index (χ1) is 36.3. The minimum absolute atomic E-state index is 0.00620. The van der Waals surface area contributed by atoms with Crippen molar-refractivity contribution in [1.82, 2.24) is 38.9 Å². The van der Waals surface area contributed by atoms with Gasteiger partial charge in [0.1, 0.15) is 34.3 Å². The van der Waals surface area contributed by atoms with E-state index in [2.05, 4.69) is 57.6 Å². The quantitative estimate of drug-likeness (QED) is 0.125. The number of carbonyl (C=O) groups excluding carboxylic acids is 2. The molecule has 76 heavy (non-hydrogen) atoms. The molecule has 5 aromatic heterocycles. The van der Waals surface area contributed by atoms with Gasteiger partial charge in [-0.15, -0.1) is 0 Å². The lowest BCUT2D eigenvalue weighted by Crippen LogP contribution is -2.50. The van der Waals surface area contributed by atoms with Crippen molar-refractivity contribution in [3.8, 4) is 0 Å². The molecule has 8 heterocycles. The van der Waals surface area contributed by atoms with Gasteiger partial charge in [-0.1, -0.05) is 25.7 Å². The van der Waals surface area contributed by atoms with Crippen LogP contribution in [0.25, 0.3) is 11.0 Å². The molecule has 2 aliphatic carbocycles. The van der Waals surface area contributed by atoms with Gasteiger partial charge in [0.2, 0.25) is 11.9 Å². The Bertz CT molecular complexity index is 3140. The molecule has 5 aromatic rings. The van der Waals surface area contributed by atoms with Gasteiger partial charge >= 0.3 is 12.2 Å². The van der Waals surface area contributed by atoms with E-state index in [9.17, 15) is 19.2 Å². The molecule has 4 fully saturated rings. The predicted molar refractivity (Wildman–Crippen MR) is 303 cm³/mol. The van der Waals surface area contributed by atoms with Crippen LogP contribution < -0.4 is 36.9 Å². The zero-order chi connectivity index (χ0) is 53.6. The van der Waals surface area contributed by atoms with E-state index < -0.39 is 17.2 Å². The van der Waals surface area contributed by atoms with Gasteiger partial charge in [0.15, 0.2) is 0 Å². The Balaban J connectivity index is 0.942. The highest BCUT2D eigenvalue weighted by Crippen LogP contribution is 2.43. The van der Waals surface area contributed by atoms with E-state index in [1.807, 2.05) is 88.1 Å². The highest BCUT2D eigenvalue weighted by atomic mass is 79.9. The Hall–Kier alpha value is -6.29. The first-order valence-electron chi connectivity index (χ1n) is 26.6. The number of fused-ring (bicyclic) bond motifs is 2. The number of nitrogens with zero attached hydrogens (tertiary/aromatic N) is 11. The smallest absolute Gasteiger partial charge is 0.410 e. The summed E-state index contributed by atoms with van der Waals surface area (Å²) < 4.78 is 15.8. The van der Waals surface area contributed by atoms with Crippen LogP contribution in [0.5, 0.6) is 0 Å². The third-order valence-electron chi connectivity index (χ3n) is 14.8. The normalized spacial score (nSPS) is 18.6. The molecular weight excluding hydrogens is 1100 g/mol. The van der Waals surface area contributed by atoms with Gasteiger partial charge in [0, 0.05) is 88.0 Å². The lowest BCUT2D eigenvalue weighted by molar-refractivity contribution is 0.0230. The third-order valence-corrected chi connectivity index (χ3v) is 16.6. The first kappa shape index (κ1) is 53.1. The van der Waals surface area contributed by atoms with Crippen molar-refractivity contribution < 1.29 is 19.1 Å². The van der Waals surface area contributed by atoms with E-state index in [1.54, 1.807) is 22.2 Å². The molecule has 3 N–H and O–H groups in total. The second kappa shape index (κ2) is 21.6. The summed E-state index contributed by atoms with van der Waals surface area (Å²) in [4.78, 5) is 87.2. The largest absolute Gasteiger partial charge is 0.444 e. The monoisotopic (exact) mass is 1170 g/mol. The summed E-state index contributed by atoms with van der Waals surface area (Å²) in [5.41, 5.74) is 3.32. The number of rotatable bonds is 9. The van der Waals surface area contributed by atoms with Crippen molar-refractivity contribution in [2.24, 2.45) is 4.99 Å². The summed E-state index contributed by atoms with van der Waals surface area (Å²) in [7, 11) is 0. The average Bonchev–Trinajstić information content (AvgIpc) is 4.22. The molecule has 22 heteroatoms. The number of anilines is 6. The Morgan fingerprint density at radius 2 is 1.17 bits per heavy atom. The maximum Gasteiger partial charge on any atom is 0.410 e. The van der Waals surface area contributed by atoms with Crippen molar-refractivity contribution >= 4 is 95.8 Å². The molecular formula is C54H68Br2N14O6. The van der Waals surface area contributed by atoms with E-state index in [1.165, 1.54) is 0 Å². The number of ether oxygens (including phenoxy) is 2. The number of hydrogen-bond acceptors (Lipinski definition) is 16. The molecule has 5 aliphatic rings. The van der Waals surface area contributed by atoms with Gasteiger partial charge in [-0.2, -0.15) is 4.98 Å². The predicted octanol–water partition coefficient (Wildman–Crippen LogP) is 9.84. The van der Waals surface area contributed by atoms with E-state index in [4.69, 9.17) is 34.4 Å². The van der Waals surface area contributed by atoms with Crippen LogP contribution in [0, 0.1) is 6.92 Å². The fourth-order valence-electron chi connectivity index (χ4n) is 11.1. The second-order valence-corrected chi connectivity index (χ2v) is 24.0. The van der Waals surface area contributed by atoms with Crippen molar-refractivity contribution in [2.75, 3.05) is 78.1 Å².